The quantitative estimate of drug-likeness (QED) is 0.264. The van der Waals surface area contributed by atoms with Crippen molar-refractivity contribution < 1.29 is 4.74 Å². The summed E-state index contributed by atoms with van der Waals surface area (Å²) in [6.45, 7) is 2.78. The maximum atomic E-state index is 5.83. The van der Waals surface area contributed by atoms with Gasteiger partial charge < -0.3 is 4.74 Å². The fraction of sp³-hybridized carbons (Fsp3) is 0.200. The van der Waals surface area contributed by atoms with E-state index >= 15 is 0 Å². The van der Waals surface area contributed by atoms with Gasteiger partial charge in [-0.25, -0.2) is 0 Å². The van der Waals surface area contributed by atoms with E-state index in [1.54, 1.807) is 11.8 Å². The van der Waals surface area contributed by atoms with E-state index in [0.717, 1.165) is 41.0 Å². The second kappa shape index (κ2) is 10.1. The van der Waals surface area contributed by atoms with Crippen LogP contribution in [0.4, 0.5) is 0 Å². The summed E-state index contributed by atoms with van der Waals surface area (Å²) in [7, 11) is 0. The molecule has 0 saturated heterocycles. The number of ether oxygens (including phenoxy) is 1. The third kappa shape index (κ3) is 5.10. The molecule has 152 valence electrons. The molecule has 0 saturated carbocycles. The number of para-hydroxylation sites is 1. The lowest BCUT2D eigenvalue weighted by atomic mass is 10.1. The number of benzene rings is 3. The number of rotatable bonds is 9. The van der Waals surface area contributed by atoms with Gasteiger partial charge in [-0.05, 0) is 41.8 Å². The molecule has 30 heavy (non-hydrogen) atoms. The molecule has 0 radical (unpaired) electrons. The molecule has 0 spiro atoms. The molecule has 0 bridgehead atoms. The lowest BCUT2D eigenvalue weighted by Crippen LogP contribution is -2.05. The van der Waals surface area contributed by atoms with Gasteiger partial charge in [-0.15, -0.1) is 10.2 Å². The molecule has 4 nitrogen and oxygen atoms in total. The van der Waals surface area contributed by atoms with Crippen molar-refractivity contribution in [1.82, 2.24) is 14.8 Å². The second-order valence-electron chi connectivity index (χ2n) is 6.93. The molecular formula is C25H25N3OS. The summed E-state index contributed by atoms with van der Waals surface area (Å²) in [4.78, 5) is 0. The Balaban J connectivity index is 1.52. The highest BCUT2D eigenvalue weighted by Crippen LogP contribution is 2.24. The normalized spacial score (nSPS) is 10.8. The van der Waals surface area contributed by atoms with Crippen molar-refractivity contribution in [1.29, 1.82) is 0 Å². The number of nitrogens with zero attached hydrogens (tertiary/aromatic N) is 3. The summed E-state index contributed by atoms with van der Waals surface area (Å²) < 4.78 is 7.99. The maximum Gasteiger partial charge on any atom is 0.195 e. The van der Waals surface area contributed by atoms with E-state index in [4.69, 9.17) is 4.74 Å². The average molecular weight is 416 g/mol. The second-order valence-corrected chi connectivity index (χ2v) is 7.99. The molecule has 3 aromatic carbocycles. The lowest BCUT2D eigenvalue weighted by molar-refractivity contribution is 0.344. The van der Waals surface area contributed by atoms with E-state index in [-0.39, 0.29) is 0 Å². The zero-order chi connectivity index (χ0) is 20.6. The molecule has 4 aromatic rings. The molecule has 0 amide bonds. The standard InChI is InChI=1S/C25H25N3OS/c1-2-20-13-15-22(16-14-20)28-24(19-21-9-5-3-6-10-21)26-27-25(28)30-18-17-29-23-11-7-4-8-12-23/h3-16H,2,17-19H2,1H3. The van der Waals surface area contributed by atoms with Crippen molar-refractivity contribution in [2.45, 2.75) is 24.9 Å². The van der Waals surface area contributed by atoms with Crippen LogP contribution in [0.25, 0.3) is 5.69 Å². The van der Waals surface area contributed by atoms with Gasteiger partial charge >= 0.3 is 0 Å². The summed E-state index contributed by atoms with van der Waals surface area (Å²) in [5.74, 6) is 2.63. The summed E-state index contributed by atoms with van der Waals surface area (Å²) in [6, 6.07) is 29.0. The first-order valence-electron chi connectivity index (χ1n) is 10.2. The molecule has 0 aliphatic carbocycles. The van der Waals surface area contributed by atoms with Crippen LogP contribution in [0.5, 0.6) is 5.75 Å². The Morgan fingerprint density at radius 1 is 0.800 bits per heavy atom. The Kier molecular flexibility index (Phi) is 6.83. The van der Waals surface area contributed by atoms with Crippen LogP contribution < -0.4 is 4.74 Å². The van der Waals surface area contributed by atoms with Crippen molar-refractivity contribution in [2.75, 3.05) is 12.4 Å². The van der Waals surface area contributed by atoms with Gasteiger partial charge in [0.15, 0.2) is 5.16 Å². The molecule has 0 aliphatic heterocycles. The van der Waals surface area contributed by atoms with E-state index in [0.29, 0.717) is 6.61 Å². The summed E-state index contributed by atoms with van der Waals surface area (Å²) in [5.41, 5.74) is 3.64. The Labute approximate surface area is 181 Å². The Morgan fingerprint density at radius 2 is 1.50 bits per heavy atom. The minimum absolute atomic E-state index is 0.615. The third-order valence-electron chi connectivity index (χ3n) is 4.83. The van der Waals surface area contributed by atoms with Gasteiger partial charge in [0.1, 0.15) is 11.6 Å². The van der Waals surface area contributed by atoms with Crippen LogP contribution in [-0.2, 0) is 12.8 Å². The highest BCUT2D eigenvalue weighted by Gasteiger charge is 2.15. The number of hydrogen-bond acceptors (Lipinski definition) is 4. The zero-order valence-corrected chi connectivity index (χ0v) is 17.9. The van der Waals surface area contributed by atoms with Gasteiger partial charge in [0.05, 0.1) is 6.61 Å². The zero-order valence-electron chi connectivity index (χ0n) is 17.1. The van der Waals surface area contributed by atoms with E-state index < -0.39 is 0 Å². The van der Waals surface area contributed by atoms with E-state index in [1.807, 2.05) is 36.4 Å². The Hall–Kier alpha value is -3.05. The molecular weight excluding hydrogens is 390 g/mol. The molecule has 5 heteroatoms. The maximum absolute atomic E-state index is 5.83. The van der Waals surface area contributed by atoms with Gasteiger partial charge in [-0.3, -0.25) is 4.57 Å². The van der Waals surface area contributed by atoms with Crippen LogP contribution >= 0.6 is 11.8 Å². The fourth-order valence-corrected chi connectivity index (χ4v) is 4.02. The minimum atomic E-state index is 0.615. The predicted octanol–water partition coefficient (Wildman–Crippen LogP) is 5.59. The van der Waals surface area contributed by atoms with Gasteiger partial charge in [-0.1, -0.05) is 79.3 Å². The highest BCUT2D eigenvalue weighted by molar-refractivity contribution is 7.99. The van der Waals surface area contributed by atoms with Crippen LogP contribution in [0, 0.1) is 0 Å². The van der Waals surface area contributed by atoms with Crippen LogP contribution in [-0.4, -0.2) is 27.1 Å². The van der Waals surface area contributed by atoms with Crippen molar-refractivity contribution in [3.8, 4) is 11.4 Å². The Morgan fingerprint density at radius 3 is 2.20 bits per heavy atom. The van der Waals surface area contributed by atoms with Crippen molar-refractivity contribution >= 4 is 11.8 Å². The van der Waals surface area contributed by atoms with Gasteiger partial charge in [-0.2, -0.15) is 0 Å². The minimum Gasteiger partial charge on any atom is -0.493 e. The van der Waals surface area contributed by atoms with E-state index in [1.165, 1.54) is 11.1 Å². The van der Waals surface area contributed by atoms with Crippen molar-refractivity contribution in [3.05, 3.63) is 102 Å². The van der Waals surface area contributed by atoms with Crippen LogP contribution in [0.3, 0.4) is 0 Å². The molecule has 0 aliphatic rings. The molecule has 4 rings (SSSR count). The number of aromatic nitrogens is 3. The lowest BCUT2D eigenvalue weighted by Gasteiger charge is -2.11. The largest absolute Gasteiger partial charge is 0.493 e. The molecule has 0 N–H and O–H groups in total. The van der Waals surface area contributed by atoms with Crippen molar-refractivity contribution in [2.24, 2.45) is 0 Å². The number of hydrogen-bond donors (Lipinski definition) is 0. The summed E-state index contributed by atoms with van der Waals surface area (Å²) in [6.07, 6.45) is 1.77. The van der Waals surface area contributed by atoms with Crippen molar-refractivity contribution in [3.63, 3.8) is 0 Å². The van der Waals surface area contributed by atoms with E-state index in [9.17, 15) is 0 Å². The van der Waals surface area contributed by atoms with Gasteiger partial charge in [0.25, 0.3) is 0 Å². The molecule has 0 atom stereocenters. The van der Waals surface area contributed by atoms with E-state index in [2.05, 4.69) is 70.2 Å². The number of thioether (sulfide) groups is 1. The smallest absolute Gasteiger partial charge is 0.195 e. The molecule has 1 heterocycles. The average Bonchev–Trinajstić information content (AvgIpc) is 3.20. The van der Waals surface area contributed by atoms with Gasteiger partial charge in [0, 0.05) is 17.9 Å². The van der Waals surface area contributed by atoms with Crippen LogP contribution in [0.2, 0.25) is 0 Å². The molecule has 0 unspecified atom stereocenters. The van der Waals surface area contributed by atoms with Crippen LogP contribution in [0.15, 0.2) is 90.1 Å². The Bertz CT molecular complexity index is 1050. The number of aryl methyl sites for hydroxylation is 1. The first-order valence-corrected chi connectivity index (χ1v) is 11.2. The SMILES string of the molecule is CCc1ccc(-n2c(Cc3ccccc3)nnc2SCCOc2ccccc2)cc1. The predicted molar refractivity (Wildman–Crippen MR) is 123 cm³/mol. The highest BCUT2D eigenvalue weighted by atomic mass is 32.2. The summed E-state index contributed by atoms with van der Waals surface area (Å²) >= 11 is 1.67. The summed E-state index contributed by atoms with van der Waals surface area (Å²) in [5, 5.41) is 9.91. The monoisotopic (exact) mass is 415 g/mol. The molecule has 1 aromatic heterocycles. The topological polar surface area (TPSA) is 39.9 Å². The molecule has 0 fully saturated rings. The first-order chi connectivity index (χ1) is 14.8. The first kappa shape index (κ1) is 20.2. The third-order valence-corrected chi connectivity index (χ3v) is 5.73. The van der Waals surface area contributed by atoms with Crippen LogP contribution in [0.1, 0.15) is 23.9 Å². The van der Waals surface area contributed by atoms with Gasteiger partial charge in [0.2, 0.25) is 0 Å². The fourth-order valence-electron chi connectivity index (χ4n) is 3.24.